The lowest BCUT2D eigenvalue weighted by Gasteiger charge is -2.14. The van der Waals surface area contributed by atoms with Gasteiger partial charge in [0.2, 0.25) is 11.3 Å². The average molecular weight is 392 g/mol. The Morgan fingerprint density at radius 1 is 1.21 bits per heavy atom. The summed E-state index contributed by atoms with van der Waals surface area (Å²) in [7, 11) is 0. The van der Waals surface area contributed by atoms with Crippen LogP contribution in [0.3, 0.4) is 0 Å². The Morgan fingerprint density at radius 3 is 2.64 bits per heavy atom. The number of nitrogens with one attached hydrogen (secondary N) is 1. The first kappa shape index (κ1) is 19.4. The van der Waals surface area contributed by atoms with Crippen LogP contribution in [0.25, 0.3) is 0 Å². The summed E-state index contributed by atoms with van der Waals surface area (Å²) in [5.41, 5.74) is -0.187. The number of aliphatic imine (C=N–C) groups is 1. The first-order valence-electron chi connectivity index (χ1n) is 8.11. The van der Waals surface area contributed by atoms with Crippen molar-refractivity contribution in [1.82, 2.24) is 5.27 Å². The molecule has 10 heteroatoms. The number of alkyl halides is 3. The molecule has 2 aromatic carbocycles. The zero-order valence-corrected chi connectivity index (χ0v) is 14.3. The maximum Gasteiger partial charge on any atom is 0.416 e. The minimum atomic E-state index is -4.52. The van der Waals surface area contributed by atoms with E-state index in [0.717, 1.165) is 17.7 Å². The molecule has 0 unspecified atom stereocenters. The SMILES string of the molecule is [O-]C(=Nc1c[n+]([C@H](CO)c2ccccc2)no1)Nc1cccc(C(F)(F)F)c1. The molecule has 0 bridgehead atoms. The van der Waals surface area contributed by atoms with Gasteiger partial charge in [-0.3, -0.25) is 4.52 Å². The number of amidine groups is 1. The second-order valence-corrected chi connectivity index (χ2v) is 5.75. The molecule has 0 aliphatic carbocycles. The first-order chi connectivity index (χ1) is 13.4. The summed E-state index contributed by atoms with van der Waals surface area (Å²) in [5.74, 6) is -0.168. The van der Waals surface area contributed by atoms with Crippen molar-refractivity contribution in [2.24, 2.45) is 4.99 Å². The van der Waals surface area contributed by atoms with E-state index in [-0.39, 0.29) is 18.2 Å². The third kappa shape index (κ3) is 4.65. The van der Waals surface area contributed by atoms with Crippen LogP contribution in [0.15, 0.2) is 70.3 Å². The van der Waals surface area contributed by atoms with Gasteiger partial charge in [-0.1, -0.05) is 36.4 Å². The van der Waals surface area contributed by atoms with Crippen LogP contribution in [0.2, 0.25) is 0 Å². The van der Waals surface area contributed by atoms with Gasteiger partial charge in [0, 0.05) is 11.3 Å². The van der Waals surface area contributed by atoms with E-state index in [1.807, 2.05) is 6.07 Å². The number of anilines is 1. The molecule has 0 aliphatic rings. The summed E-state index contributed by atoms with van der Waals surface area (Å²) >= 11 is 0. The van der Waals surface area contributed by atoms with E-state index in [9.17, 15) is 23.4 Å². The third-order valence-corrected chi connectivity index (χ3v) is 3.80. The van der Waals surface area contributed by atoms with Crippen LogP contribution in [-0.4, -0.2) is 23.0 Å². The van der Waals surface area contributed by atoms with E-state index in [1.54, 1.807) is 24.3 Å². The summed E-state index contributed by atoms with van der Waals surface area (Å²) in [6.45, 7) is -0.267. The van der Waals surface area contributed by atoms with Crippen LogP contribution >= 0.6 is 0 Å². The largest absolute Gasteiger partial charge is 0.846 e. The molecule has 0 amide bonds. The quantitative estimate of drug-likeness (QED) is 0.393. The van der Waals surface area contributed by atoms with Gasteiger partial charge >= 0.3 is 12.1 Å². The number of aliphatic hydroxyl groups is 1. The number of halogens is 3. The highest BCUT2D eigenvalue weighted by Crippen LogP contribution is 2.30. The lowest BCUT2D eigenvalue weighted by molar-refractivity contribution is -0.778. The molecule has 0 spiro atoms. The smallest absolute Gasteiger partial charge is 0.416 e. The van der Waals surface area contributed by atoms with Gasteiger partial charge in [-0.15, -0.1) is 0 Å². The van der Waals surface area contributed by atoms with Gasteiger partial charge in [-0.05, 0) is 22.9 Å². The number of hydrogen-bond acceptors (Lipinski definition) is 5. The van der Waals surface area contributed by atoms with Crippen LogP contribution in [0.4, 0.5) is 24.7 Å². The first-order valence-corrected chi connectivity index (χ1v) is 8.11. The molecule has 0 radical (unpaired) electrons. The van der Waals surface area contributed by atoms with E-state index in [2.05, 4.69) is 15.6 Å². The predicted octanol–water partition coefficient (Wildman–Crippen LogP) is 2.02. The van der Waals surface area contributed by atoms with Crippen LogP contribution in [0, 0.1) is 0 Å². The predicted molar refractivity (Wildman–Crippen MR) is 90.5 cm³/mol. The van der Waals surface area contributed by atoms with Crippen LogP contribution < -0.4 is 15.1 Å². The molecule has 3 rings (SSSR count). The highest BCUT2D eigenvalue weighted by molar-refractivity contribution is 5.87. The molecule has 7 nitrogen and oxygen atoms in total. The summed E-state index contributed by atoms with van der Waals surface area (Å²) in [4.78, 5) is 3.61. The second-order valence-electron chi connectivity index (χ2n) is 5.75. The molecular formula is C18H15F3N4O3. The van der Waals surface area contributed by atoms with Gasteiger partial charge < -0.3 is 15.5 Å². The van der Waals surface area contributed by atoms with Gasteiger partial charge in [0.1, 0.15) is 6.61 Å². The second kappa shape index (κ2) is 8.09. The highest BCUT2D eigenvalue weighted by atomic mass is 19.4. The monoisotopic (exact) mass is 392 g/mol. The number of rotatable bonds is 5. The molecule has 1 aromatic heterocycles. The zero-order chi connectivity index (χ0) is 20.1. The normalized spacial score (nSPS) is 13.4. The van der Waals surface area contributed by atoms with Gasteiger partial charge in [0.25, 0.3) is 6.20 Å². The number of aromatic nitrogens is 2. The maximum atomic E-state index is 12.7. The topological polar surface area (TPSA) is 97.6 Å². The molecule has 1 atom stereocenters. The maximum absolute atomic E-state index is 12.7. The van der Waals surface area contributed by atoms with Crippen molar-refractivity contribution in [3.05, 3.63) is 71.9 Å². The van der Waals surface area contributed by atoms with Gasteiger partial charge in [0.15, 0.2) is 0 Å². The molecule has 28 heavy (non-hydrogen) atoms. The lowest BCUT2D eigenvalue weighted by Crippen LogP contribution is -2.43. The molecular weight excluding hydrogens is 377 g/mol. The van der Waals surface area contributed by atoms with E-state index >= 15 is 0 Å². The van der Waals surface area contributed by atoms with E-state index in [4.69, 9.17) is 4.52 Å². The third-order valence-electron chi connectivity index (χ3n) is 3.80. The molecule has 2 N–H and O–H groups in total. The van der Waals surface area contributed by atoms with Crippen molar-refractivity contribution in [3.63, 3.8) is 0 Å². The Hall–Kier alpha value is -3.40. The Balaban J connectivity index is 1.76. The van der Waals surface area contributed by atoms with Crippen LogP contribution in [0.1, 0.15) is 17.2 Å². The highest BCUT2D eigenvalue weighted by Gasteiger charge is 2.30. The Bertz CT molecular complexity index is 958. The van der Waals surface area contributed by atoms with Crippen LogP contribution in [-0.2, 0) is 6.18 Å². The van der Waals surface area contributed by atoms with Gasteiger partial charge in [-0.25, -0.2) is 4.99 Å². The minimum Gasteiger partial charge on any atom is -0.846 e. The van der Waals surface area contributed by atoms with E-state index < -0.39 is 23.8 Å². The summed E-state index contributed by atoms with van der Waals surface area (Å²) in [6, 6.07) is 11.7. The molecule has 0 fully saturated rings. The van der Waals surface area contributed by atoms with Gasteiger partial charge in [0.05, 0.1) is 11.6 Å². The van der Waals surface area contributed by atoms with Crippen molar-refractivity contribution in [2.75, 3.05) is 11.9 Å². The van der Waals surface area contributed by atoms with Crippen molar-refractivity contribution in [2.45, 2.75) is 12.2 Å². The summed E-state index contributed by atoms with van der Waals surface area (Å²) < 4.78 is 44.4. The van der Waals surface area contributed by atoms with E-state index in [0.29, 0.717) is 0 Å². The van der Waals surface area contributed by atoms with E-state index in [1.165, 1.54) is 23.0 Å². The average Bonchev–Trinajstić information content (AvgIpc) is 3.10. The molecule has 3 aromatic rings. The summed E-state index contributed by atoms with van der Waals surface area (Å²) in [6.07, 6.45) is -3.22. The number of aliphatic hydroxyl groups excluding tert-OH is 1. The molecule has 146 valence electrons. The minimum absolute atomic E-state index is 0.0616. The number of nitrogens with zero attached hydrogens (tertiary/aromatic N) is 3. The fraction of sp³-hybridized carbons (Fsp3) is 0.167. The standard InChI is InChI=1S/C18H15F3N4O3/c19-18(20,21)13-7-4-8-14(9-13)22-17(27)23-16-10-25(24-28-16)15(11-26)12-5-2-1-3-6-12/h1-10,15,26H,11H2,(H-,22,23,24,27)/t15-/m1/s1. The Morgan fingerprint density at radius 2 is 1.96 bits per heavy atom. The Labute approximate surface area is 157 Å². The number of benzene rings is 2. The molecule has 0 saturated carbocycles. The summed E-state index contributed by atoms with van der Waals surface area (Å²) in [5, 5.41) is 27.5. The van der Waals surface area contributed by atoms with Crippen molar-refractivity contribution in [3.8, 4) is 0 Å². The van der Waals surface area contributed by atoms with Crippen molar-refractivity contribution < 1.29 is 32.6 Å². The van der Waals surface area contributed by atoms with Crippen LogP contribution in [0.5, 0.6) is 0 Å². The molecule has 1 heterocycles. The fourth-order valence-corrected chi connectivity index (χ4v) is 2.49. The lowest BCUT2D eigenvalue weighted by atomic mass is 10.1. The van der Waals surface area contributed by atoms with Crippen molar-refractivity contribution >= 4 is 17.6 Å². The van der Waals surface area contributed by atoms with Gasteiger partial charge in [-0.2, -0.15) is 13.2 Å². The number of hydrogen-bond donors (Lipinski definition) is 2. The zero-order valence-electron chi connectivity index (χ0n) is 14.3. The molecule has 0 saturated heterocycles. The molecule has 0 aliphatic heterocycles. The Kier molecular flexibility index (Phi) is 5.59. The fourth-order valence-electron chi connectivity index (χ4n) is 2.49. The van der Waals surface area contributed by atoms with Crippen molar-refractivity contribution in [1.29, 1.82) is 0 Å².